The third kappa shape index (κ3) is 5.54. The zero-order chi connectivity index (χ0) is 25.7. The summed E-state index contributed by atoms with van der Waals surface area (Å²) in [6.45, 7) is 1.58. The number of ether oxygens (including phenoxy) is 1. The lowest BCUT2D eigenvalue weighted by atomic mass is 9.74. The predicted molar refractivity (Wildman–Crippen MR) is 132 cm³/mol. The number of rotatable bonds is 9. The van der Waals surface area contributed by atoms with Gasteiger partial charge in [-0.1, -0.05) is 18.2 Å². The monoisotopic (exact) mass is 498 g/mol. The number of pyridine rings is 1. The number of aromatic nitrogens is 1. The van der Waals surface area contributed by atoms with E-state index in [1.807, 2.05) is 0 Å². The quantitative estimate of drug-likeness (QED) is 0.400. The third-order valence-electron chi connectivity index (χ3n) is 7.13. The van der Waals surface area contributed by atoms with Crippen LogP contribution in [-0.2, 0) is 11.2 Å². The molecule has 0 spiro atoms. The molecule has 1 aliphatic heterocycles. The lowest BCUT2D eigenvalue weighted by Gasteiger charge is -2.38. The Bertz CT molecular complexity index is 1250. The second-order valence-corrected chi connectivity index (χ2v) is 9.25. The number of benzene rings is 2. The second kappa shape index (κ2) is 11.1. The Morgan fingerprint density at radius 1 is 1.14 bits per heavy atom. The lowest BCUT2D eigenvalue weighted by Crippen LogP contribution is -2.44. The molecule has 0 radical (unpaired) electrons. The van der Waals surface area contributed by atoms with Gasteiger partial charge in [-0.25, -0.2) is 13.2 Å². The fraction of sp³-hybridized carbons (Fsp3) is 0.357. The van der Waals surface area contributed by atoms with Crippen LogP contribution in [0.3, 0.4) is 0 Å². The van der Waals surface area contributed by atoms with Crippen molar-refractivity contribution in [3.8, 4) is 5.75 Å². The van der Waals surface area contributed by atoms with E-state index in [4.69, 9.17) is 4.74 Å². The van der Waals surface area contributed by atoms with Crippen molar-refractivity contribution in [3.05, 3.63) is 77.2 Å². The van der Waals surface area contributed by atoms with Crippen molar-refractivity contribution < 1.29 is 27.8 Å². The van der Waals surface area contributed by atoms with Gasteiger partial charge in [0, 0.05) is 17.5 Å². The molecule has 2 heterocycles. The predicted octanol–water partition coefficient (Wildman–Crippen LogP) is 5.86. The highest BCUT2D eigenvalue weighted by atomic mass is 19.1. The molecule has 1 N–H and O–H groups in total. The summed E-state index contributed by atoms with van der Waals surface area (Å²) < 4.78 is 47.5. The van der Waals surface area contributed by atoms with Gasteiger partial charge in [-0.15, -0.1) is 0 Å². The molecule has 5 nitrogen and oxygen atoms in total. The van der Waals surface area contributed by atoms with Crippen LogP contribution in [0.1, 0.15) is 36.8 Å². The first kappa shape index (κ1) is 25.7. The standard InChI is InChI=1S/C28H29F3N2O3/c1-36-19-9-10-26-22(17-19)20(25(31)18-32-26)5-3-11-28(27(34)35)12-15-33(16-13-28)14-4-6-21-23(29)7-2-8-24(21)30/h2,4,6-10,17-18H,3,5,11-16H2,1H3,(H,34,35)/b6-4+. The number of halogens is 3. The maximum atomic E-state index is 14.6. The first-order valence-electron chi connectivity index (χ1n) is 12.0. The molecule has 8 heteroatoms. The number of carbonyl (C=O) groups is 1. The van der Waals surface area contributed by atoms with E-state index in [0.29, 0.717) is 74.0 Å². The van der Waals surface area contributed by atoms with Crippen molar-refractivity contribution in [3.63, 3.8) is 0 Å². The van der Waals surface area contributed by atoms with Crippen molar-refractivity contribution in [1.29, 1.82) is 0 Å². The first-order chi connectivity index (χ1) is 17.3. The number of hydrogen-bond donors (Lipinski definition) is 1. The van der Waals surface area contributed by atoms with Crippen molar-refractivity contribution in [2.45, 2.75) is 32.1 Å². The molecule has 1 fully saturated rings. The van der Waals surface area contributed by atoms with E-state index < -0.39 is 28.8 Å². The van der Waals surface area contributed by atoms with Gasteiger partial charge >= 0.3 is 5.97 Å². The van der Waals surface area contributed by atoms with Crippen LogP contribution in [0.4, 0.5) is 13.2 Å². The van der Waals surface area contributed by atoms with E-state index in [1.54, 1.807) is 31.4 Å². The zero-order valence-electron chi connectivity index (χ0n) is 20.1. The minimum Gasteiger partial charge on any atom is -0.497 e. The van der Waals surface area contributed by atoms with Gasteiger partial charge in [-0.05, 0) is 81.1 Å². The molecule has 0 aliphatic carbocycles. The molecule has 0 atom stereocenters. The van der Waals surface area contributed by atoms with Gasteiger partial charge in [0.2, 0.25) is 0 Å². The normalized spacial score (nSPS) is 16.0. The number of aliphatic carboxylic acids is 1. The van der Waals surface area contributed by atoms with Crippen LogP contribution in [0, 0.1) is 22.9 Å². The van der Waals surface area contributed by atoms with Gasteiger partial charge in [0.25, 0.3) is 0 Å². The summed E-state index contributed by atoms with van der Waals surface area (Å²) in [4.78, 5) is 18.5. The maximum absolute atomic E-state index is 14.6. The lowest BCUT2D eigenvalue weighted by molar-refractivity contribution is -0.152. The summed E-state index contributed by atoms with van der Waals surface area (Å²) in [5.74, 6) is -1.88. The van der Waals surface area contributed by atoms with Crippen LogP contribution in [0.25, 0.3) is 17.0 Å². The molecule has 0 unspecified atom stereocenters. The Balaban J connectivity index is 1.37. The highest BCUT2D eigenvalue weighted by molar-refractivity contribution is 5.83. The topological polar surface area (TPSA) is 62.7 Å². The van der Waals surface area contributed by atoms with Crippen LogP contribution in [0.2, 0.25) is 0 Å². The molecule has 1 aliphatic rings. The van der Waals surface area contributed by atoms with E-state index >= 15 is 0 Å². The molecule has 1 aromatic heterocycles. The molecule has 0 bridgehead atoms. The highest BCUT2D eigenvalue weighted by Crippen LogP contribution is 2.37. The summed E-state index contributed by atoms with van der Waals surface area (Å²) >= 11 is 0. The van der Waals surface area contributed by atoms with Crippen LogP contribution in [0.15, 0.2) is 48.7 Å². The van der Waals surface area contributed by atoms with Crippen molar-refractivity contribution in [1.82, 2.24) is 9.88 Å². The van der Waals surface area contributed by atoms with Crippen LogP contribution >= 0.6 is 0 Å². The molecule has 0 saturated carbocycles. The summed E-state index contributed by atoms with van der Waals surface area (Å²) in [5, 5.41) is 10.7. The van der Waals surface area contributed by atoms with E-state index in [1.165, 1.54) is 30.5 Å². The number of carboxylic acid groups (broad SMARTS) is 1. The first-order valence-corrected chi connectivity index (χ1v) is 12.0. The Kier molecular flexibility index (Phi) is 7.94. The molecule has 2 aromatic carbocycles. The minimum absolute atomic E-state index is 0.0807. The molecule has 1 saturated heterocycles. The smallest absolute Gasteiger partial charge is 0.309 e. The van der Waals surface area contributed by atoms with Crippen molar-refractivity contribution >= 4 is 22.9 Å². The van der Waals surface area contributed by atoms with Crippen molar-refractivity contribution in [2.75, 3.05) is 26.7 Å². The summed E-state index contributed by atoms with van der Waals surface area (Å²) in [5.41, 5.74) is 0.219. The van der Waals surface area contributed by atoms with Gasteiger partial charge in [-0.2, -0.15) is 0 Å². The van der Waals surface area contributed by atoms with E-state index in [0.717, 1.165) is 0 Å². The average Bonchev–Trinajstić information content (AvgIpc) is 2.87. The van der Waals surface area contributed by atoms with Crippen molar-refractivity contribution in [2.24, 2.45) is 5.41 Å². The van der Waals surface area contributed by atoms with Gasteiger partial charge in [0.05, 0.1) is 24.2 Å². The molecule has 3 aromatic rings. The fourth-order valence-corrected chi connectivity index (χ4v) is 4.91. The fourth-order valence-electron chi connectivity index (χ4n) is 4.91. The zero-order valence-corrected chi connectivity index (χ0v) is 20.1. The van der Waals surface area contributed by atoms with Crippen LogP contribution < -0.4 is 4.74 Å². The number of likely N-dealkylation sites (tertiary alicyclic amines) is 1. The second-order valence-electron chi connectivity index (χ2n) is 9.25. The summed E-state index contributed by atoms with van der Waals surface area (Å²) in [6.07, 6.45) is 6.58. The number of piperidine rings is 1. The van der Waals surface area contributed by atoms with E-state index in [9.17, 15) is 23.1 Å². The van der Waals surface area contributed by atoms with Gasteiger partial charge in [0.15, 0.2) is 0 Å². The number of aryl methyl sites for hydroxylation is 1. The molecule has 36 heavy (non-hydrogen) atoms. The van der Waals surface area contributed by atoms with Gasteiger partial charge in [0.1, 0.15) is 23.2 Å². The van der Waals surface area contributed by atoms with Crippen LogP contribution in [-0.4, -0.2) is 47.7 Å². The van der Waals surface area contributed by atoms with Gasteiger partial charge in [-0.3, -0.25) is 14.7 Å². The SMILES string of the molecule is COc1ccc2ncc(F)c(CCCC3(C(=O)O)CCN(C/C=C/c4c(F)cccc4F)CC3)c2c1. The molecule has 0 amide bonds. The van der Waals surface area contributed by atoms with E-state index in [-0.39, 0.29) is 5.56 Å². The maximum Gasteiger partial charge on any atom is 0.309 e. The summed E-state index contributed by atoms with van der Waals surface area (Å²) in [7, 11) is 1.55. The average molecular weight is 499 g/mol. The summed E-state index contributed by atoms with van der Waals surface area (Å²) in [6, 6.07) is 9.05. The van der Waals surface area contributed by atoms with Crippen LogP contribution in [0.5, 0.6) is 5.75 Å². The molecule has 4 rings (SSSR count). The third-order valence-corrected chi connectivity index (χ3v) is 7.13. The van der Waals surface area contributed by atoms with Gasteiger partial charge < -0.3 is 9.84 Å². The largest absolute Gasteiger partial charge is 0.497 e. The molecular formula is C28H29F3N2O3. The van der Waals surface area contributed by atoms with E-state index in [2.05, 4.69) is 9.88 Å². The Labute approximate surface area is 208 Å². The Hall–Kier alpha value is -3.39. The number of nitrogens with zero attached hydrogens (tertiary/aromatic N) is 2. The number of methoxy groups -OCH3 is 1. The number of fused-ring (bicyclic) bond motifs is 1. The number of hydrogen-bond acceptors (Lipinski definition) is 4. The molecular weight excluding hydrogens is 469 g/mol. The molecule has 190 valence electrons. The number of carboxylic acids is 1. The Morgan fingerprint density at radius 2 is 1.86 bits per heavy atom. The minimum atomic E-state index is -0.880. The highest BCUT2D eigenvalue weighted by Gasteiger charge is 2.40. The Morgan fingerprint density at radius 3 is 2.53 bits per heavy atom.